The summed E-state index contributed by atoms with van der Waals surface area (Å²) in [5, 5.41) is 23.1. The third-order valence-corrected chi connectivity index (χ3v) is 5.10. The third kappa shape index (κ3) is 5.76. The van der Waals surface area contributed by atoms with E-state index >= 15 is 0 Å². The van der Waals surface area contributed by atoms with E-state index in [1.54, 1.807) is 31.3 Å². The molecule has 0 atom stereocenters. The number of aliphatic imine (C=N–C) groups is 1. The van der Waals surface area contributed by atoms with E-state index in [9.17, 15) is 20.2 Å². The van der Waals surface area contributed by atoms with Crippen LogP contribution in [0, 0.1) is 27.2 Å². The molecule has 3 aromatic carbocycles. The van der Waals surface area contributed by atoms with E-state index in [2.05, 4.69) is 4.99 Å². The van der Waals surface area contributed by atoms with Gasteiger partial charge in [-0.05, 0) is 55.3 Å². The van der Waals surface area contributed by atoms with Gasteiger partial charge in [0.15, 0.2) is 11.5 Å². The van der Waals surface area contributed by atoms with Crippen molar-refractivity contribution in [1.29, 1.82) is 0 Å². The molecule has 0 saturated carbocycles. The zero-order valence-electron chi connectivity index (χ0n) is 17.5. The summed E-state index contributed by atoms with van der Waals surface area (Å²) in [5.41, 5.74) is 1.14. The molecule has 0 bridgehead atoms. The molecule has 0 unspecified atom stereocenters. The van der Waals surface area contributed by atoms with Gasteiger partial charge in [-0.1, -0.05) is 29.3 Å². The van der Waals surface area contributed by atoms with Crippen LogP contribution in [0.15, 0.2) is 53.5 Å². The summed E-state index contributed by atoms with van der Waals surface area (Å²) < 4.78 is 11.3. The van der Waals surface area contributed by atoms with E-state index in [1.807, 2.05) is 19.1 Å². The Morgan fingerprint density at radius 2 is 1.73 bits per heavy atom. The fourth-order valence-electron chi connectivity index (χ4n) is 2.79. The quantitative estimate of drug-likeness (QED) is 0.190. The number of aryl methyl sites for hydroxylation is 1. The van der Waals surface area contributed by atoms with Gasteiger partial charge in [0.2, 0.25) is 5.75 Å². The minimum absolute atomic E-state index is 0.0333. The topological polar surface area (TPSA) is 117 Å². The molecule has 3 rings (SSSR count). The number of hydrogen-bond acceptors (Lipinski definition) is 7. The van der Waals surface area contributed by atoms with Gasteiger partial charge in [0.1, 0.15) is 0 Å². The molecule has 170 valence electrons. The molecule has 0 aliphatic heterocycles. The van der Waals surface area contributed by atoms with Gasteiger partial charge in [0, 0.05) is 17.3 Å². The van der Waals surface area contributed by atoms with Gasteiger partial charge < -0.3 is 9.47 Å². The lowest BCUT2D eigenvalue weighted by atomic mass is 10.2. The first-order valence-electron chi connectivity index (χ1n) is 9.56. The van der Waals surface area contributed by atoms with Gasteiger partial charge in [0.05, 0.1) is 33.2 Å². The first-order chi connectivity index (χ1) is 15.7. The van der Waals surface area contributed by atoms with Crippen LogP contribution in [0.3, 0.4) is 0 Å². The van der Waals surface area contributed by atoms with Crippen molar-refractivity contribution in [3.8, 4) is 17.2 Å². The number of halogens is 2. The number of hydrogen-bond donors (Lipinski definition) is 0. The summed E-state index contributed by atoms with van der Waals surface area (Å²) >= 11 is 12.5. The normalized spacial score (nSPS) is 10.9. The van der Waals surface area contributed by atoms with Crippen LogP contribution in [0.4, 0.5) is 17.1 Å². The number of nitrogens with zero attached hydrogens (tertiary/aromatic N) is 3. The maximum Gasteiger partial charge on any atom is 0.318 e. The summed E-state index contributed by atoms with van der Waals surface area (Å²) in [6, 6.07) is 11.6. The molecule has 0 spiro atoms. The van der Waals surface area contributed by atoms with Crippen molar-refractivity contribution in [2.75, 3.05) is 6.61 Å². The Labute approximate surface area is 198 Å². The fourth-order valence-corrected chi connectivity index (χ4v) is 3.23. The lowest BCUT2D eigenvalue weighted by molar-refractivity contribution is -0.394. The molecule has 0 aromatic heterocycles. The highest BCUT2D eigenvalue weighted by molar-refractivity contribution is 6.32. The minimum Gasteiger partial charge on any atom is -0.490 e. The summed E-state index contributed by atoms with van der Waals surface area (Å²) in [7, 11) is 0. The monoisotopic (exact) mass is 489 g/mol. The van der Waals surface area contributed by atoms with E-state index in [-0.39, 0.29) is 28.9 Å². The van der Waals surface area contributed by atoms with Crippen LogP contribution in [-0.4, -0.2) is 22.7 Å². The SMILES string of the molecule is CCOc1cc(C=Nc2ccc(C)c(Cl)c2)cc(Cl)c1Oc1ccc([N+](=O)[O-])cc1[N+](=O)[O-]. The van der Waals surface area contributed by atoms with Gasteiger partial charge in [-0.25, -0.2) is 0 Å². The predicted molar refractivity (Wildman–Crippen MR) is 126 cm³/mol. The first-order valence-corrected chi connectivity index (χ1v) is 10.3. The Morgan fingerprint density at radius 1 is 0.970 bits per heavy atom. The maximum atomic E-state index is 11.4. The average molecular weight is 490 g/mol. The summed E-state index contributed by atoms with van der Waals surface area (Å²) in [6.07, 6.45) is 1.56. The summed E-state index contributed by atoms with van der Waals surface area (Å²) in [5.74, 6) is 0.0382. The highest BCUT2D eigenvalue weighted by atomic mass is 35.5. The van der Waals surface area contributed by atoms with Gasteiger partial charge in [-0.15, -0.1) is 0 Å². The molecule has 0 aliphatic carbocycles. The van der Waals surface area contributed by atoms with Crippen molar-refractivity contribution in [3.63, 3.8) is 0 Å². The fraction of sp³-hybridized carbons (Fsp3) is 0.136. The Hall–Kier alpha value is -3.69. The van der Waals surface area contributed by atoms with E-state index in [0.717, 1.165) is 23.8 Å². The molecule has 33 heavy (non-hydrogen) atoms. The number of nitro groups is 2. The molecule has 3 aromatic rings. The second-order valence-electron chi connectivity index (χ2n) is 6.72. The van der Waals surface area contributed by atoms with Crippen LogP contribution < -0.4 is 9.47 Å². The van der Waals surface area contributed by atoms with Crippen molar-refractivity contribution < 1.29 is 19.3 Å². The van der Waals surface area contributed by atoms with Crippen molar-refractivity contribution in [2.45, 2.75) is 13.8 Å². The molecule has 0 fully saturated rings. The van der Waals surface area contributed by atoms with Crippen LogP contribution in [0.2, 0.25) is 10.0 Å². The van der Waals surface area contributed by atoms with Crippen LogP contribution in [0.1, 0.15) is 18.1 Å². The standard InChI is InChI=1S/C22H17Cl2N3O6/c1-3-32-21-9-14(12-25-15-5-4-13(2)17(23)10-15)8-18(24)22(21)33-20-7-6-16(26(28)29)11-19(20)27(30)31/h4-12H,3H2,1-2H3. The highest BCUT2D eigenvalue weighted by Crippen LogP contribution is 2.42. The zero-order chi connectivity index (χ0) is 24.1. The smallest absolute Gasteiger partial charge is 0.318 e. The number of non-ortho nitro benzene ring substituents is 1. The lowest BCUT2D eigenvalue weighted by Gasteiger charge is -2.14. The third-order valence-electron chi connectivity index (χ3n) is 4.41. The molecule has 9 nitrogen and oxygen atoms in total. The van der Waals surface area contributed by atoms with E-state index in [4.69, 9.17) is 32.7 Å². The zero-order valence-corrected chi connectivity index (χ0v) is 19.0. The second-order valence-corrected chi connectivity index (χ2v) is 7.54. The number of benzene rings is 3. The number of ether oxygens (including phenoxy) is 2. The summed E-state index contributed by atoms with van der Waals surface area (Å²) in [6.45, 7) is 3.91. The summed E-state index contributed by atoms with van der Waals surface area (Å²) in [4.78, 5) is 25.2. The molecule has 11 heteroatoms. The number of nitro benzene ring substituents is 2. The van der Waals surface area contributed by atoms with Gasteiger partial charge in [0.25, 0.3) is 5.69 Å². The van der Waals surface area contributed by atoms with Crippen molar-refractivity contribution in [2.24, 2.45) is 4.99 Å². The molecule has 0 heterocycles. The second kappa shape index (κ2) is 10.3. The van der Waals surface area contributed by atoms with E-state index in [1.165, 1.54) is 0 Å². The molecule has 0 N–H and O–H groups in total. The average Bonchev–Trinajstić information content (AvgIpc) is 2.77. The largest absolute Gasteiger partial charge is 0.490 e. The molecular weight excluding hydrogens is 473 g/mol. The maximum absolute atomic E-state index is 11.4. The van der Waals surface area contributed by atoms with Gasteiger partial charge >= 0.3 is 5.69 Å². The van der Waals surface area contributed by atoms with Crippen LogP contribution in [0.25, 0.3) is 0 Å². The number of rotatable bonds is 8. The van der Waals surface area contributed by atoms with Crippen molar-refractivity contribution in [3.05, 3.63) is 89.9 Å². The Kier molecular flexibility index (Phi) is 7.47. The molecular formula is C22H17Cl2N3O6. The van der Waals surface area contributed by atoms with Crippen LogP contribution in [-0.2, 0) is 0 Å². The van der Waals surface area contributed by atoms with Crippen LogP contribution >= 0.6 is 23.2 Å². The van der Waals surface area contributed by atoms with Gasteiger partial charge in [-0.2, -0.15) is 0 Å². The van der Waals surface area contributed by atoms with Crippen LogP contribution in [0.5, 0.6) is 17.2 Å². The van der Waals surface area contributed by atoms with E-state index in [0.29, 0.717) is 16.3 Å². The molecule has 0 amide bonds. The Balaban J connectivity index is 1.98. The molecule has 0 aliphatic rings. The predicted octanol–water partition coefficient (Wildman–Crippen LogP) is 7.06. The Bertz CT molecular complexity index is 1260. The Morgan fingerprint density at radius 3 is 2.36 bits per heavy atom. The molecule has 0 saturated heterocycles. The first kappa shape index (κ1) is 24.0. The van der Waals surface area contributed by atoms with Crippen molar-refractivity contribution >= 4 is 46.5 Å². The van der Waals surface area contributed by atoms with Gasteiger partial charge in [-0.3, -0.25) is 25.2 Å². The van der Waals surface area contributed by atoms with E-state index < -0.39 is 21.2 Å². The molecule has 0 radical (unpaired) electrons. The minimum atomic E-state index is -0.773. The van der Waals surface area contributed by atoms with Crippen molar-refractivity contribution in [1.82, 2.24) is 0 Å². The lowest BCUT2D eigenvalue weighted by Crippen LogP contribution is -2.00. The highest BCUT2D eigenvalue weighted by Gasteiger charge is 2.23.